The van der Waals surface area contributed by atoms with Gasteiger partial charge in [0.2, 0.25) is 0 Å². The van der Waals surface area contributed by atoms with Gasteiger partial charge >= 0.3 is 12.4 Å². The molecule has 7 heteroatoms. The van der Waals surface area contributed by atoms with Crippen molar-refractivity contribution in [2.24, 2.45) is 0 Å². The van der Waals surface area contributed by atoms with Gasteiger partial charge in [0.05, 0.1) is 11.1 Å². The molecule has 0 nitrogen and oxygen atoms in total. The van der Waals surface area contributed by atoms with E-state index in [-0.39, 0.29) is 18.2 Å². The Labute approximate surface area is 132 Å². The number of hydrogen-bond acceptors (Lipinski definition) is 0. The number of halogens is 6. The van der Waals surface area contributed by atoms with Crippen molar-refractivity contribution >= 4 is 12.2 Å². The van der Waals surface area contributed by atoms with E-state index in [9.17, 15) is 26.3 Å². The second-order valence-electron chi connectivity index (χ2n) is 6.23. The minimum atomic E-state index is -4.77. The molecule has 1 aliphatic heterocycles. The second-order valence-corrected chi connectivity index (χ2v) is 6.23. The molecule has 1 aromatic carbocycles. The van der Waals surface area contributed by atoms with E-state index >= 15 is 0 Å². The Bertz CT molecular complexity index is 478. The molecule has 0 amide bonds. The first kappa shape index (κ1) is 18.2. The van der Waals surface area contributed by atoms with Crippen molar-refractivity contribution in [3.05, 3.63) is 29.3 Å². The SMILES string of the molecule is FC(F)(F)c1cc(B2CCCCCCCC2)cc(C(F)(F)F)c1. The maximum Gasteiger partial charge on any atom is 0.416 e. The molecule has 0 N–H and O–H groups in total. The summed E-state index contributed by atoms with van der Waals surface area (Å²) in [5.74, 6) is 0. The lowest BCUT2D eigenvalue weighted by Crippen LogP contribution is -2.32. The van der Waals surface area contributed by atoms with E-state index in [1.165, 1.54) is 0 Å². The molecule has 0 atom stereocenters. The molecule has 2 rings (SSSR count). The molecule has 0 saturated carbocycles. The summed E-state index contributed by atoms with van der Waals surface area (Å²) in [5.41, 5.74) is -2.24. The number of alkyl halides is 6. The third-order valence-electron chi connectivity index (χ3n) is 4.44. The first-order chi connectivity index (χ1) is 10.7. The first-order valence-corrected chi connectivity index (χ1v) is 7.97. The highest BCUT2D eigenvalue weighted by Gasteiger charge is 2.37. The van der Waals surface area contributed by atoms with Crippen LogP contribution in [0.1, 0.15) is 49.7 Å². The second kappa shape index (κ2) is 7.18. The van der Waals surface area contributed by atoms with Crippen molar-refractivity contribution in [3.8, 4) is 0 Å². The van der Waals surface area contributed by atoms with Crippen LogP contribution in [0.15, 0.2) is 18.2 Å². The quantitative estimate of drug-likeness (QED) is 0.450. The van der Waals surface area contributed by atoms with Gasteiger partial charge in [-0.05, 0) is 6.07 Å². The summed E-state index contributed by atoms with van der Waals surface area (Å²) in [4.78, 5) is 0. The highest BCUT2D eigenvalue weighted by Crippen LogP contribution is 2.35. The largest absolute Gasteiger partial charge is 0.416 e. The van der Waals surface area contributed by atoms with Crippen LogP contribution in [0.2, 0.25) is 12.6 Å². The van der Waals surface area contributed by atoms with Crippen LogP contribution in [0.4, 0.5) is 26.3 Å². The Morgan fingerprint density at radius 2 is 1.00 bits per heavy atom. The number of rotatable bonds is 1. The van der Waals surface area contributed by atoms with Crippen LogP contribution in [0.3, 0.4) is 0 Å². The van der Waals surface area contributed by atoms with E-state index in [0.717, 1.165) is 50.7 Å². The van der Waals surface area contributed by atoms with Crippen LogP contribution in [0.5, 0.6) is 0 Å². The van der Waals surface area contributed by atoms with Gasteiger partial charge in [0.1, 0.15) is 0 Å². The highest BCUT2D eigenvalue weighted by atomic mass is 19.4. The third-order valence-corrected chi connectivity index (χ3v) is 4.44. The van der Waals surface area contributed by atoms with Crippen molar-refractivity contribution in [2.45, 2.75) is 63.5 Å². The molecule has 23 heavy (non-hydrogen) atoms. The lowest BCUT2D eigenvalue weighted by atomic mass is 9.39. The van der Waals surface area contributed by atoms with E-state index in [1.54, 1.807) is 0 Å². The summed E-state index contributed by atoms with van der Waals surface area (Å²) in [7, 11) is 0. The third kappa shape index (κ3) is 5.18. The van der Waals surface area contributed by atoms with Gasteiger partial charge in [0.15, 0.2) is 6.71 Å². The molecule has 1 heterocycles. The van der Waals surface area contributed by atoms with Crippen LogP contribution in [-0.2, 0) is 12.4 Å². The van der Waals surface area contributed by atoms with Crippen molar-refractivity contribution in [3.63, 3.8) is 0 Å². The zero-order valence-corrected chi connectivity index (χ0v) is 12.7. The minimum absolute atomic E-state index is 0.175. The van der Waals surface area contributed by atoms with Gasteiger partial charge in [-0.1, -0.05) is 68.8 Å². The highest BCUT2D eigenvalue weighted by molar-refractivity contribution is 6.73. The molecule has 1 saturated heterocycles. The Morgan fingerprint density at radius 1 is 0.609 bits per heavy atom. The molecule has 0 bridgehead atoms. The predicted octanol–water partition coefficient (Wildman–Crippen LogP) is 5.78. The van der Waals surface area contributed by atoms with E-state index < -0.39 is 23.5 Å². The minimum Gasteiger partial charge on any atom is -0.166 e. The topological polar surface area (TPSA) is 0 Å². The van der Waals surface area contributed by atoms with E-state index in [2.05, 4.69) is 0 Å². The zero-order chi connectivity index (χ0) is 17.1. The molecular formula is C16H19BF6. The van der Waals surface area contributed by atoms with Crippen molar-refractivity contribution < 1.29 is 26.3 Å². The van der Waals surface area contributed by atoms with Gasteiger partial charge in [-0.2, -0.15) is 26.3 Å². The van der Waals surface area contributed by atoms with Gasteiger partial charge in [0.25, 0.3) is 0 Å². The Hall–Kier alpha value is -1.14. The maximum absolute atomic E-state index is 12.9. The molecule has 0 unspecified atom stereocenters. The fourth-order valence-electron chi connectivity index (χ4n) is 3.18. The average molecular weight is 336 g/mol. The predicted molar refractivity (Wildman–Crippen MR) is 79.2 cm³/mol. The molecular weight excluding hydrogens is 317 g/mol. The summed E-state index contributed by atoms with van der Waals surface area (Å²) in [6.07, 6.45) is -2.39. The van der Waals surface area contributed by atoms with Gasteiger partial charge < -0.3 is 0 Å². The van der Waals surface area contributed by atoms with Crippen molar-refractivity contribution in [1.29, 1.82) is 0 Å². The first-order valence-electron chi connectivity index (χ1n) is 7.97. The van der Waals surface area contributed by atoms with Crippen LogP contribution < -0.4 is 5.46 Å². The van der Waals surface area contributed by atoms with E-state index in [1.807, 2.05) is 0 Å². The lowest BCUT2D eigenvalue weighted by Gasteiger charge is -2.18. The molecule has 1 aromatic rings. The summed E-state index contributed by atoms with van der Waals surface area (Å²) >= 11 is 0. The molecule has 0 aliphatic carbocycles. The molecule has 0 radical (unpaired) electrons. The number of hydrogen-bond donors (Lipinski definition) is 0. The fraction of sp³-hybridized carbons (Fsp3) is 0.625. The van der Waals surface area contributed by atoms with Crippen molar-refractivity contribution in [2.75, 3.05) is 0 Å². The maximum atomic E-state index is 12.9. The summed E-state index contributed by atoms with van der Waals surface area (Å²) in [6.45, 7) is -0.225. The number of benzene rings is 1. The Morgan fingerprint density at radius 3 is 1.39 bits per heavy atom. The van der Waals surface area contributed by atoms with Crippen LogP contribution in [0.25, 0.3) is 0 Å². The van der Waals surface area contributed by atoms with Crippen molar-refractivity contribution in [1.82, 2.24) is 0 Å². The van der Waals surface area contributed by atoms with Gasteiger partial charge in [0, 0.05) is 0 Å². The monoisotopic (exact) mass is 336 g/mol. The van der Waals surface area contributed by atoms with Crippen LogP contribution in [0, 0.1) is 0 Å². The van der Waals surface area contributed by atoms with Gasteiger partial charge in [-0.25, -0.2) is 0 Å². The normalized spacial score (nSPS) is 18.3. The van der Waals surface area contributed by atoms with Crippen LogP contribution in [-0.4, -0.2) is 6.71 Å². The fourth-order valence-corrected chi connectivity index (χ4v) is 3.18. The zero-order valence-electron chi connectivity index (χ0n) is 12.7. The molecule has 1 aliphatic rings. The summed E-state index contributed by atoms with van der Waals surface area (Å²) < 4.78 is 77.7. The van der Waals surface area contributed by atoms with E-state index in [4.69, 9.17) is 0 Å². The van der Waals surface area contributed by atoms with Crippen LogP contribution >= 0.6 is 0 Å². The standard InChI is InChI=1S/C16H19BF6/c18-15(19,20)12-9-13(16(21,22)23)11-14(10-12)17-7-5-3-1-2-4-6-8-17/h9-11H,1-8H2. The van der Waals surface area contributed by atoms with E-state index in [0.29, 0.717) is 12.6 Å². The molecule has 0 aromatic heterocycles. The van der Waals surface area contributed by atoms with Gasteiger partial charge in [-0.15, -0.1) is 0 Å². The Kier molecular flexibility index (Phi) is 5.68. The molecule has 128 valence electrons. The molecule has 1 fully saturated rings. The summed E-state index contributed by atoms with van der Waals surface area (Å²) in [6, 6.07) is 2.01. The van der Waals surface area contributed by atoms with Gasteiger partial charge in [-0.3, -0.25) is 0 Å². The average Bonchev–Trinajstić information content (AvgIpc) is 2.58. The molecule has 0 spiro atoms. The Balaban J connectivity index is 2.38. The lowest BCUT2D eigenvalue weighted by molar-refractivity contribution is -0.142. The summed E-state index contributed by atoms with van der Waals surface area (Å²) in [5, 5.41) is 0. The smallest absolute Gasteiger partial charge is 0.166 e.